The smallest absolute Gasteiger partial charge is 0.208 e. The van der Waals surface area contributed by atoms with Crippen LogP contribution >= 0.6 is 0 Å². The molecule has 0 saturated carbocycles. The molecule has 4 heteroatoms. The van der Waals surface area contributed by atoms with Gasteiger partial charge in [-0.1, -0.05) is 0 Å². The van der Waals surface area contributed by atoms with Gasteiger partial charge in [0.1, 0.15) is 5.76 Å². The molecule has 0 aliphatic heterocycles. The summed E-state index contributed by atoms with van der Waals surface area (Å²) < 4.78 is 10.7. The molecule has 15 heavy (non-hydrogen) atoms. The first-order valence-corrected chi connectivity index (χ1v) is 5.45. The van der Waals surface area contributed by atoms with E-state index in [0.29, 0.717) is 6.54 Å². The normalized spacial score (nSPS) is 10.9. The molecular weight excluding hydrogens is 192 g/mol. The maximum atomic E-state index is 5.44. The number of hydrogen-bond acceptors (Lipinski definition) is 4. The van der Waals surface area contributed by atoms with E-state index >= 15 is 0 Å². The molecule has 0 fully saturated rings. The Morgan fingerprint density at radius 3 is 2.80 bits per heavy atom. The van der Waals surface area contributed by atoms with Crippen LogP contribution in [0.5, 0.6) is 0 Å². The highest BCUT2D eigenvalue weighted by molar-refractivity contribution is 5.04. The van der Waals surface area contributed by atoms with Crippen molar-refractivity contribution in [2.75, 3.05) is 19.8 Å². The summed E-state index contributed by atoms with van der Waals surface area (Å²) in [5, 5.41) is 3.26. The monoisotopic (exact) mass is 212 g/mol. The minimum absolute atomic E-state index is 0.695. The zero-order valence-corrected chi connectivity index (χ0v) is 9.80. The molecule has 0 unspecified atom stereocenters. The third kappa shape index (κ3) is 4.44. The standard InChI is InChI=1S/C11H20N2O2/c1-4-14-7-5-6-12-8-11-13-9(2)10(3)15-11/h12H,4-8H2,1-3H3. The number of aryl methyl sites for hydroxylation is 2. The van der Waals surface area contributed by atoms with Gasteiger partial charge in [0.05, 0.1) is 12.2 Å². The maximum Gasteiger partial charge on any atom is 0.208 e. The van der Waals surface area contributed by atoms with Crippen LogP contribution in [-0.4, -0.2) is 24.7 Å². The van der Waals surface area contributed by atoms with Crippen molar-refractivity contribution in [3.8, 4) is 0 Å². The third-order valence-corrected chi connectivity index (χ3v) is 2.20. The number of nitrogens with one attached hydrogen (secondary N) is 1. The van der Waals surface area contributed by atoms with Crippen LogP contribution in [0, 0.1) is 13.8 Å². The van der Waals surface area contributed by atoms with Crippen LogP contribution in [0.2, 0.25) is 0 Å². The molecule has 0 radical (unpaired) electrons. The predicted molar refractivity (Wildman–Crippen MR) is 58.8 cm³/mol. The molecule has 0 aliphatic carbocycles. The Morgan fingerprint density at radius 2 is 2.20 bits per heavy atom. The number of nitrogens with zero attached hydrogens (tertiary/aromatic N) is 1. The minimum atomic E-state index is 0.695. The summed E-state index contributed by atoms with van der Waals surface area (Å²) in [5.74, 6) is 1.67. The van der Waals surface area contributed by atoms with E-state index in [0.717, 1.165) is 43.5 Å². The summed E-state index contributed by atoms with van der Waals surface area (Å²) >= 11 is 0. The Balaban J connectivity index is 2.10. The van der Waals surface area contributed by atoms with Crippen molar-refractivity contribution in [3.63, 3.8) is 0 Å². The highest BCUT2D eigenvalue weighted by atomic mass is 16.5. The second-order valence-corrected chi connectivity index (χ2v) is 3.48. The lowest BCUT2D eigenvalue weighted by molar-refractivity contribution is 0.144. The van der Waals surface area contributed by atoms with Crippen LogP contribution in [0.25, 0.3) is 0 Å². The van der Waals surface area contributed by atoms with Crippen molar-refractivity contribution in [2.45, 2.75) is 33.7 Å². The molecule has 1 heterocycles. The zero-order chi connectivity index (χ0) is 11.1. The van der Waals surface area contributed by atoms with Crippen molar-refractivity contribution in [3.05, 3.63) is 17.3 Å². The van der Waals surface area contributed by atoms with E-state index in [2.05, 4.69) is 10.3 Å². The molecule has 86 valence electrons. The van der Waals surface area contributed by atoms with Gasteiger partial charge in [0.2, 0.25) is 5.89 Å². The van der Waals surface area contributed by atoms with Crippen molar-refractivity contribution in [2.24, 2.45) is 0 Å². The number of aromatic nitrogens is 1. The van der Waals surface area contributed by atoms with Crippen molar-refractivity contribution in [1.82, 2.24) is 10.3 Å². The van der Waals surface area contributed by atoms with Gasteiger partial charge >= 0.3 is 0 Å². The first-order valence-electron chi connectivity index (χ1n) is 5.45. The average molecular weight is 212 g/mol. The summed E-state index contributed by atoms with van der Waals surface area (Å²) in [6.07, 6.45) is 1.02. The minimum Gasteiger partial charge on any atom is -0.444 e. The molecule has 1 aromatic heterocycles. The van der Waals surface area contributed by atoms with Crippen LogP contribution in [0.4, 0.5) is 0 Å². The lowest BCUT2D eigenvalue weighted by atomic mass is 10.4. The molecule has 0 aliphatic rings. The van der Waals surface area contributed by atoms with Gasteiger partial charge in [0.15, 0.2) is 0 Å². The van der Waals surface area contributed by atoms with Gasteiger partial charge in [0.25, 0.3) is 0 Å². The van der Waals surface area contributed by atoms with E-state index in [1.165, 1.54) is 0 Å². The highest BCUT2D eigenvalue weighted by Crippen LogP contribution is 2.07. The zero-order valence-electron chi connectivity index (χ0n) is 9.80. The molecule has 1 rings (SSSR count). The fraction of sp³-hybridized carbons (Fsp3) is 0.727. The predicted octanol–water partition coefficient (Wildman–Crippen LogP) is 1.81. The quantitative estimate of drug-likeness (QED) is 0.700. The van der Waals surface area contributed by atoms with Gasteiger partial charge in [0, 0.05) is 13.2 Å². The molecule has 0 amide bonds. The van der Waals surface area contributed by atoms with E-state index in [-0.39, 0.29) is 0 Å². The number of ether oxygens (including phenoxy) is 1. The van der Waals surface area contributed by atoms with Crippen LogP contribution in [-0.2, 0) is 11.3 Å². The average Bonchev–Trinajstić information content (AvgIpc) is 2.52. The molecule has 0 saturated heterocycles. The van der Waals surface area contributed by atoms with Crippen molar-refractivity contribution < 1.29 is 9.15 Å². The molecular formula is C11H20N2O2. The molecule has 0 aromatic carbocycles. The Morgan fingerprint density at radius 1 is 1.40 bits per heavy atom. The van der Waals surface area contributed by atoms with Crippen LogP contribution in [0.3, 0.4) is 0 Å². The molecule has 1 N–H and O–H groups in total. The summed E-state index contributed by atoms with van der Waals surface area (Å²) in [5.41, 5.74) is 0.973. The van der Waals surface area contributed by atoms with E-state index in [1.54, 1.807) is 0 Å². The molecule has 0 atom stereocenters. The summed E-state index contributed by atoms with van der Waals surface area (Å²) in [7, 11) is 0. The van der Waals surface area contributed by atoms with Crippen molar-refractivity contribution in [1.29, 1.82) is 0 Å². The summed E-state index contributed by atoms with van der Waals surface area (Å²) in [4.78, 5) is 4.28. The maximum absolute atomic E-state index is 5.44. The largest absolute Gasteiger partial charge is 0.444 e. The van der Waals surface area contributed by atoms with Gasteiger partial charge in [-0.25, -0.2) is 4.98 Å². The van der Waals surface area contributed by atoms with Crippen molar-refractivity contribution >= 4 is 0 Å². The van der Waals surface area contributed by atoms with Gasteiger partial charge in [-0.2, -0.15) is 0 Å². The number of oxazole rings is 1. The Labute approximate surface area is 91.0 Å². The summed E-state index contributed by atoms with van der Waals surface area (Å²) in [6, 6.07) is 0. The second-order valence-electron chi connectivity index (χ2n) is 3.48. The molecule has 4 nitrogen and oxygen atoms in total. The molecule has 0 spiro atoms. The molecule has 0 bridgehead atoms. The highest BCUT2D eigenvalue weighted by Gasteiger charge is 2.03. The SMILES string of the molecule is CCOCCCNCc1nc(C)c(C)o1. The lowest BCUT2D eigenvalue weighted by Gasteiger charge is -2.02. The van der Waals surface area contributed by atoms with Gasteiger partial charge in [-0.3, -0.25) is 0 Å². The van der Waals surface area contributed by atoms with E-state index in [1.807, 2.05) is 20.8 Å². The first kappa shape index (κ1) is 12.2. The molecule has 1 aromatic rings. The van der Waals surface area contributed by atoms with Crippen LogP contribution < -0.4 is 5.32 Å². The third-order valence-electron chi connectivity index (χ3n) is 2.20. The fourth-order valence-electron chi connectivity index (χ4n) is 1.25. The summed E-state index contributed by atoms with van der Waals surface area (Å²) in [6.45, 7) is 9.12. The fourth-order valence-corrected chi connectivity index (χ4v) is 1.25. The lowest BCUT2D eigenvalue weighted by Crippen LogP contribution is -2.16. The van der Waals surface area contributed by atoms with Crippen LogP contribution in [0.1, 0.15) is 30.7 Å². The first-order chi connectivity index (χ1) is 7.24. The van der Waals surface area contributed by atoms with Crippen LogP contribution in [0.15, 0.2) is 4.42 Å². The Hall–Kier alpha value is -0.870. The van der Waals surface area contributed by atoms with E-state index < -0.39 is 0 Å². The van der Waals surface area contributed by atoms with E-state index in [4.69, 9.17) is 9.15 Å². The van der Waals surface area contributed by atoms with Gasteiger partial charge < -0.3 is 14.5 Å². The van der Waals surface area contributed by atoms with E-state index in [9.17, 15) is 0 Å². The second kappa shape index (κ2) is 6.58. The number of hydrogen-bond donors (Lipinski definition) is 1. The number of rotatable bonds is 7. The Bertz CT molecular complexity index is 265. The van der Waals surface area contributed by atoms with Gasteiger partial charge in [-0.15, -0.1) is 0 Å². The van der Waals surface area contributed by atoms with Gasteiger partial charge in [-0.05, 0) is 33.7 Å². The Kier molecular flexibility index (Phi) is 5.36. The topological polar surface area (TPSA) is 47.3 Å².